The van der Waals surface area contributed by atoms with Gasteiger partial charge in [0.15, 0.2) is 0 Å². The minimum Gasteiger partial charge on any atom is -0.316 e. The zero-order valence-corrected chi connectivity index (χ0v) is 11.8. The van der Waals surface area contributed by atoms with Crippen molar-refractivity contribution in [3.05, 3.63) is 30.1 Å². The van der Waals surface area contributed by atoms with E-state index in [-0.39, 0.29) is 5.82 Å². The second-order valence-corrected chi connectivity index (χ2v) is 6.25. The van der Waals surface area contributed by atoms with Crippen molar-refractivity contribution in [2.75, 3.05) is 7.05 Å². The van der Waals surface area contributed by atoms with Crippen molar-refractivity contribution in [3.8, 4) is 0 Å². The summed E-state index contributed by atoms with van der Waals surface area (Å²) in [5.41, 5.74) is 0. The Kier molecular flexibility index (Phi) is 5.51. The highest BCUT2D eigenvalue weighted by atomic mass is 32.2. The number of hydrogen-bond acceptors (Lipinski definition) is 2. The van der Waals surface area contributed by atoms with E-state index in [1.165, 1.54) is 38.5 Å². The predicted octanol–water partition coefficient (Wildman–Crippen LogP) is 4.23. The Morgan fingerprint density at radius 1 is 1.11 bits per heavy atom. The molecule has 1 fully saturated rings. The first-order chi connectivity index (χ1) is 8.81. The minimum absolute atomic E-state index is 0.0839. The normalized spacial score (nSPS) is 25.4. The summed E-state index contributed by atoms with van der Waals surface area (Å²) in [5.74, 6) is -0.0839. The first-order valence-electron chi connectivity index (χ1n) is 6.89. The van der Waals surface area contributed by atoms with Crippen LogP contribution < -0.4 is 5.32 Å². The summed E-state index contributed by atoms with van der Waals surface area (Å²) < 4.78 is 13.7. The molecule has 18 heavy (non-hydrogen) atoms. The Hall–Kier alpha value is -0.540. The molecule has 1 saturated carbocycles. The molecule has 1 nitrogen and oxygen atoms in total. The van der Waals surface area contributed by atoms with Crippen LogP contribution in [-0.4, -0.2) is 18.3 Å². The van der Waals surface area contributed by atoms with Crippen LogP contribution in [0.3, 0.4) is 0 Å². The van der Waals surface area contributed by atoms with E-state index in [1.54, 1.807) is 23.9 Å². The van der Waals surface area contributed by atoms with Crippen molar-refractivity contribution in [2.45, 2.75) is 54.7 Å². The maximum atomic E-state index is 13.7. The van der Waals surface area contributed by atoms with Gasteiger partial charge in [-0.3, -0.25) is 0 Å². The summed E-state index contributed by atoms with van der Waals surface area (Å²) in [5, 5.41) is 3.91. The lowest BCUT2D eigenvalue weighted by Crippen LogP contribution is -2.36. The van der Waals surface area contributed by atoms with Gasteiger partial charge in [0.2, 0.25) is 0 Å². The Labute approximate surface area is 114 Å². The fourth-order valence-electron chi connectivity index (χ4n) is 2.63. The summed E-state index contributed by atoms with van der Waals surface area (Å²) >= 11 is 1.71. The number of nitrogens with one attached hydrogen (secondary N) is 1. The summed E-state index contributed by atoms with van der Waals surface area (Å²) in [7, 11) is 2.03. The van der Waals surface area contributed by atoms with Crippen LogP contribution in [0.1, 0.15) is 38.5 Å². The van der Waals surface area contributed by atoms with Crippen molar-refractivity contribution in [3.63, 3.8) is 0 Å². The number of halogens is 1. The second kappa shape index (κ2) is 7.15. The molecule has 1 aromatic rings. The van der Waals surface area contributed by atoms with Gasteiger partial charge in [0.1, 0.15) is 5.82 Å². The van der Waals surface area contributed by atoms with Crippen molar-refractivity contribution >= 4 is 11.8 Å². The van der Waals surface area contributed by atoms with E-state index in [0.29, 0.717) is 11.3 Å². The molecular formula is C15H22FNS. The van der Waals surface area contributed by atoms with Crippen molar-refractivity contribution in [1.29, 1.82) is 0 Å². The standard InChI is InChI=1S/C15H22FNS/c1-17-13-9-4-2-3-5-11-15(13)18-14-10-7-6-8-12(14)16/h6-8,10,13,15,17H,2-5,9,11H2,1H3. The minimum atomic E-state index is -0.0839. The van der Waals surface area contributed by atoms with Gasteiger partial charge in [0.25, 0.3) is 0 Å². The third-order valence-electron chi connectivity index (χ3n) is 3.69. The Morgan fingerprint density at radius 2 is 1.83 bits per heavy atom. The van der Waals surface area contributed by atoms with Crippen molar-refractivity contribution in [1.82, 2.24) is 5.32 Å². The van der Waals surface area contributed by atoms with Crippen LogP contribution in [0, 0.1) is 5.82 Å². The molecule has 0 spiro atoms. The summed E-state index contributed by atoms with van der Waals surface area (Å²) in [4.78, 5) is 0.795. The van der Waals surface area contributed by atoms with Crippen LogP contribution in [-0.2, 0) is 0 Å². The highest BCUT2D eigenvalue weighted by molar-refractivity contribution is 8.00. The molecule has 2 unspecified atom stereocenters. The van der Waals surface area contributed by atoms with Crippen LogP contribution in [0.4, 0.5) is 4.39 Å². The zero-order chi connectivity index (χ0) is 12.8. The smallest absolute Gasteiger partial charge is 0.136 e. The third kappa shape index (κ3) is 3.72. The van der Waals surface area contributed by atoms with E-state index in [0.717, 1.165) is 4.90 Å². The lowest BCUT2D eigenvalue weighted by atomic mass is 9.96. The summed E-state index contributed by atoms with van der Waals surface area (Å²) in [6, 6.07) is 7.64. The first kappa shape index (κ1) is 13.9. The molecule has 0 aliphatic heterocycles. The van der Waals surface area contributed by atoms with Crippen LogP contribution in [0.5, 0.6) is 0 Å². The van der Waals surface area contributed by atoms with Crippen molar-refractivity contribution < 1.29 is 4.39 Å². The monoisotopic (exact) mass is 267 g/mol. The topological polar surface area (TPSA) is 12.0 Å². The van der Waals surface area contributed by atoms with E-state index >= 15 is 0 Å². The largest absolute Gasteiger partial charge is 0.316 e. The van der Waals surface area contributed by atoms with Gasteiger partial charge in [0, 0.05) is 16.2 Å². The van der Waals surface area contributed by atoms with E-state index in [1.807, 2.05) is 19.2 Å². The van der Waals surface area contributed by atoms with Gasteiger partial charge in [0.05, 0.1) is 0 Å². The average Bonchev–Trinajstić information content (AvgIpc) is 2.35. The number of thioether (sulfide) groups is 1. The van der Waals surface area contributed by atoms with Crippen LogP contribution >= 0.6 is 11.8 Å². The quantitative estimate of drug-likeness (QED) is 0.879. The molecule has 0 radical (unpaired) electrons. The maximum absolute atomic E-state index is 13.7. The van der Waals surface area contributed by atoms with Gasteiger partial charge in [-0.2, -0.15) is 0 Å². The lowest BCUT2D eigenvalue weighted by Gasteiger charge is -2.28. The highest BCUT2D eigenvalue weighted by Crippen LogP contribution is 2.33. The number of benzene rings is 1. The SMILES string of the molecule is CNC1CCCCCCC1Sc1ccccc1F. The molecular weight excluding hydrogens is 245 g/mol. The maximum Gasteiger partial charge on any atom is 0.136 e. The first-order valence-corrected chi connectivity index (χ1v) is 7.77. The molecule has 100 valence electrons. The van der Waals surface area contributed by atoms with Crippen LogP contribution in [0.25, 0.3) is 0 Å². The fraction of sp³-hybridized carbons (Fsp3) is 0.600. The molecule has 0 heterocycles. The highest BCUT2D eigenvalue weighted by Gasteiger charge is 2.23. The lowest BCUT2D eigenvalue weighted by molar-refractivity contribution is 0.420. The Bertz CT molecular complexity index is 369. The molecule has 0 aromatic heterocycles. The molecule has 0 saturated heterocycles. The third-order valence-corrected chi connectivity index (χ3v) is 5.14. The fourth-order valence-corrected chi connectivity index (χ4v) is 4.01. The molecule has 0 bridgehead atoms. The van der Waals surface area contributed by atoms with Crippen LogP contribution in [0.15, 0.2) is 29.2 Å². The summed E-state index contributed by atoms with van der Waals surface area (Å²) in [6.07, 6.45) is 7.62. The van der Waals surface area contributed by atoms with Gasteiger partial charge >= 0.3 is 0 Å². The van der Waals surface area contributed by atoms with Gasteiger partial charge in [-0.25, -0.2) is 4.39 Å². The zero-order valence-electron chi connectivity index (χ0n) is 11.0. The van der Waals surface area contributed by atoms with E-state index in [4.69, 9.17) is 0 Å². The predicted molar refractivity (Wildman–Crippen MR) is 76.6 cm³/mol. The Morgan fingerprint density at radius 3 is 2.56 bits per heavy atom. The van der Waals surface area contributed by atoms with Gasteiger partial charge in [-0.05, 0) is 32.0 Å². The number of hydrogen-bond donors (Lipinski definition) is 1. The molecule has 1 N–H and O–H groups in total. The van der Waals surface area contributed by atoms with E-state index in [2.05, 4.69) is 5.32 Å². The molecule has 1 aliphatic carbocycles. The summed E-state index contributed by atoms with van der Waals surface area (Å²) in [6.45, 7) is 0. The molecule has 2 rings (SSSR count). The van der Waals surface area contributed by atoms with Gasteiger partial charge in [-0.1, -0.05) is 37.8 Å². The van der Waals surface area contributed by atoms with Gasteiger partial charge in [-0.15, -0.1) is 11.8 Å². The molecule has 0 amide bonds. The Balaban J connectivity index is 2.06. The second-order valence-electron chi connectivity index (χ2n) is 4.97. The van der Waals surface area contributed by atoms with Crippen molar-refractivity contribution in [2.24, 2.45) is 0 Å². The molecule has 2 atom stereocenters. The van der Waals surface area contributed by atoms with Gasteiger partial charge < -0.3 is 5.32 Å². The average molecular weight is 267 g/mol. The van der Waals surface area contributed by atoms with E-state index in [9.17, 15) is 4.39 Å². The van der Waals surface area contributed by atoms with E-state index < -0.39 is 0 Å². The number of rotatable bonds is 3. The molecule has 1 aliphatic rings. The molecule has 1 aromatic carbocycles. The molecule has 3 heteroatoms. The van der Waals surface area contributed by atoms with Crippen LogP contribution in [0.2, 0.25) is 0 Å².